The summed E-state index contributed by atoms with van der Waals surface area (Å²) in [5, 5.41) is 18.6. The molecule has 2 aromatic heterocycles. The third kappa shape index (κ3) is 5.02. The van der Waals surface area contributed by atoms with E-state index in [1.165, 1.54) is 10.9 Å². The maximum Gasteiger partial charge on any atom is 0.435 e. The molecule has 1 amide bonds. The number of anilines is 1. The quantitative estimate of drug-likeness (QED) is 0.602. The SMILES string of the molecule is Cc1ccc(-n2ncc(C)n2)c(C(=O)N2CCC[C@@H](C)C2CNc2ccc(C(F)(F)F)nn2)c1. The van der Waals surface area contributed by atoms with Crippen molar-refractivity contribution in [2.45, 2.75) is 45.8 Å². The van der Waals surface area contributed by atoms with Gasteiger partial charge in [0, 0.05) is 13.1 Å². The zero-order valence-electron chi connectivity index (χ0n) is 19.2. The first-order valence-electron chi connectivity index (χ1n) is 11.1. The highest BCUT2D eigenvalue weighted by molar-refractivity contribution is 5.98. The predicted molar refractivity (Wildman–Crippen MR) is 120 cm³/mol. The van der Waals surface area contributed by atoms with Crippen molar-refractivity contribution in [2.24, 2.45) is 5.92 Å². The van der Waals surface area contributed by atoms with Crippen LogP contribution < -0.4 is 5.32 Å². The summed E-state index contributed by atoms with van der Waals surface area (Å²) in [5.74, 6) is 0.280. The number of hydrogen-bond donors (Lipinski definition) is 1. The van der Waals surface area contributed by atoms with Gasteiger partial charge in [-0.2, -0.15) is 28.2 Å². The third-order valence-electron chi connectivity index (χ3n) is 6.03. The Hall–Kier alpha value is -3.50. The lowest BCUT2D eigenvalue weighted by Gasteiger charge is -2.40. The highest BCUT2D eigenvalue weighted by Crippen LogP contribution is 2.29. The van der Waals surface area contributed by atoms with Gasteiger partial charge in [0.1, 0.15) is 5.82 Å². The number of alkyl halides is 3. The first-order chi connectivity index (χ1) is 16.1. The van der Waals surface area contributed by atoms with Gasteiger partial charge in [-0.15, -0.1) is 10.2 Å². The lowest BCUT2D eigenvalue weighted by molar-refractivity contribution is -0.141. The molecule has 0 aliphatic carbocycles. The molecule has 0 bridgehead atoms. The zero-order chi connectivity index (χ0) is 24.5. The molecule has 2 atom stereocenters. The summed E-state index contributed by atoms with van der Waals surface area (Å²) >= 11 is 0. The summed E-state index contributed by atoms with van der Waals surface area (Å²) in [6.07, 6.45) is -1.10. The maximum atomic E-state index is 13.8. The summed E-state index contributed by atoms with van der Waals surface area (Å²) < 4.78 is 38.3. The molecule has 1 aromatic carbocycles. The van der Waals surface area contributed by atoms with Crippen molar-refractivity contribution in [3.05, 3.63) is 59.0 Å². The number of aryl methyl sites for hydroxylation is 2. The van der Waals surface area contributed by atoms with E-state index in [4.69, 9.17) is 0 Å². The van der Waals surface area contributed by atoms with E-state index in [1.54, 1.807) is 6.20 Å². The van der Waals surface area contributed by atoms with Gasteiger partial charge in [0.05, 0.1) is 29.2 Å². The van der Waals surface area contributed by atoms with E-state index >= 15 is 0 Å². The molecule has 1 fully saturated rings. The van der Waals surface area contributed by atoms with Crippen molar-refractivity contribution in [1.82, 2.24) is 30.1 Å². The van der Waals surface area contributed by atoms with Crippen LogP contribution in [0.25, 0.3) is 5.69 Å². The van der Waals surface area contributed by atoms with Crippen molar-refractivity contribution >= 4 is 11.7 Å². The molecule has 1 aliphatic heterocycles. The second kappa shape index (κ2) is 9.40. The normalized spacial score (nSPS) is 18.7. The number of hydrogen-bond acceptors (Lipinski definition) is 6. The van der Waals surface area contributed by atoms with Crippen LogP contribution in [0.3, 0.4) is 0 Å². The van der Waals surface area contributed by atoms with E-state index in [0.29, 0.717) is 24.3 Å². The van der Waals surface area contributed by atoms with E-state index < -0.39 is 11.9 Å². The Labute approximate surface area is 195 Å². The van der Waals surface area contributed by atoms with Gasteiger partial charge < -0.3 is 10.2 Å². The molecule has 3 heterocycles. The smallest absolute Gasteiger partial charge is 0.367 e. The lowest BCUT2D eigenvalue weighted by atomic mass is 9.89. The van der Waals surface area contributed by atoms with Gasteiger partial charge in [0.2, 0.25) is 0 Å². The number of aromatic nitrogens is 5. The van der Waals surface area contributed by atoms with E-state index in [2.05, 4.69) is 32.6 Å². The zero-order valence-corrected chi connectivity index (χ0v) is 19.2. The second-order valence-corrected chi connectivity index (χ2v) is 8.66. The van der Waals surface area contributed by atoms with Crippen molar-refractivity contribution in [1.29, 1.82) is 0 Å². The summed E-state index contributed by atoms with van der Waals surface area (Å²) in [7, 11) is 0. The van der Waals surface area contributed by atoms with Crippen LogP contribution in [0.2, 0.25) is 0 Å². The molecule has 0 saturated carbocycles. The molecule has 0 radical (unpaired) electrons. The number of carbonyl (C=O) groups excluding carboxylic acids is 1. The van der Waals surface area contributed by atoms with Crippen LogP contribution in [0.1, 0.15) is 47.1 Å². The number of nitrogens with zero attached hydrogens (tertiary/aromatic N) is 6. The molecule has 34 heavy (non-hydrogen) atoms. The van der Waals surface area contributed by atoms with Gasteiger partial charge in [-0.1, -0.05) is 18.6 Å². The summed E-state index contributed by atoms with van der Waals surface area (Å²) in [6, 6.07) is 7.54. The van der Waals surface area contributed by atoms with Gasteiger partial charge in [0.15, 0.2) is 5.69 Å². The van der Waals surface area contributed by atoms with Crippen LogP contribution in [0.5, 0.6) is 0 Å². The van der Waals surface area contributed by atoms with Gasteiger partial charge in [-0.25, -0.2) is 0 Å². The number of carbonyl (C=O) groups is 1. The van der Waals surface area contributed by atoms with Crippen LogP contribution in [-0.2, 0) is 6.18 Å². The van der Waals surface area contributed by atoms with Crippen LogP contribution in [0.4, 0.5) is 19.0 Å². The average molecular weight is 474 g/mol. The van der Waals surface area contributed by atoms with E-state index in [0.717, 1.165) is 30.2 Å². The summed E-state index contributed by atoms with van der Waals surface area (Å²) in [4.78, 5) is 17.0. The molecule has 8 nitrogen and oxygen atoms in total. The highest BCUT2D eigenvalue weighted by Gasteiger charge is 2.35. The Morgan fingerprint density at radius 1 is 1.18 bits per heavy atom. The first-order valence-corrected chi connectivity index (χ1v) is 11.1. The number of nitrogens with one attached hydrogen (secondary N) is 1. The number of rotatable bonds is 5. The standard InChI is InChI=1S/C23H26F3N7O/c1-14-6-7-18(33-28-12-16(3)31-33)17(11-14)22(34)32-10-4-5-15(2)19(32)13-27-21-9-8-20(29-30-21)23(24,25)26/h6-9,11-12,15,19H,4-5,10,13H2,1-3H3,(H,27,30)/t15-,19?/m1/s1. The molecule has 0 spiro atoms. The van der Waals surface area contributed by atoms with E-state index in [9.17, 15) is 18.0 Å². The van der Waals surface area contributed by atoms with Gasteiger partial charge in [-0.3, -0.25) is 4.79 Å². The van der Waals surface area contributed by atoms with Crippen molar-refractivity contribution in [3.8, 4) is 5.69 Å². The fourth-order valence-electron chi connectivity index (χ4n) is 4.21. The van der Waals surface area contributed by atoms with Crippen LogP contribution in [0, 0.1) is 19.8 Å². The molecule has 3 aromatic rings. The van der Waals surface area contributed by atoms with Gasteiger partial charge in [-0.05, 0) is 56.9 Å². The maximum absolute atomic E-state index is 13.8. The predicted octanol–water partition coefficient (Wildman–Crippen LogP) is 4.05. The minimum atomic E-state index is -4.54. The van der Waals surface area contributed by atoms with Crippen LogP contribution >= 0.6 is 0 Å². The van der Waals surface area contributed by atoms with Crippen molar-refractivity contribution < 1.29 is 18.0 Å². The number of halogens is 3. The number of piperidine rings is 1. The lowest BCUT2D eigenvalue weighted by Crippen LogP contribution is -2.51. The molecule has 1 N–H and O–H groups in total. The minimum Gasteiger partial charge on any atom is -0.367 e. The molecule has 11 heteroatoms. The van der Waals surface area contributed by atoms with Crippen LogP contribution in [0.15, 0.2) is 36.5 Å². The van der Waals surface area contributed by atoms with E-state index in [1.807, 2.05) is 36.9 Å². The third-order valence-corrected chi connectivity index (χ3v) is 6.03. The fraction of sp³-hybridized carbons (Fsp3) is 0.435. The topological polar surface area (TPSA) is 88.8 Å². The Morgan fingerprint density at radius 2 is 1.97 bits per heavy atom. The van der Waals surface area contributed by atoms with Gasteiger partial charge >= 0.3 is 6.18 Å². The van der Waals surface area contributed by atoms with Gasteiger partial charge in [0.25, 0.3) is 5.91 Å². The fourth-order valence-corrected chi connectivity index (χ4v) is 4.21. The highest BCUT2D eigenvalue weighted by atomic mass is 19.4. The Morgan fingerprint density at radius 3 is 2.62 bits per heavy atom. The molecule has 1 saturated heterocycles. The molecule has 4 rings (SSSR count). The minimum absolute atomic E-state index is 0.134. The molecular weight excluding hydrogens is 447 g/mol. The molecule has 1 aliphatic rings. The van der Waals surface area contributed by atoms with Crippen molar-refractivity contribution in [3.63, 3.8) is 0 Å². The monoisotopic (exact) mass is 473 g/mol. The molecule has 1 unspecified atom stereocenters. The summed E-state index contributed by atoms with van der Waals surface area (Å²) in [5.41, 5.74) is 1.74. The number of likely N-dealkylation sites (tertiary alicyclic amines) is 1. The number of amides is 1. The number of benzene rings is 1. The van der Waals surface area contributed by atoms with Crippen LogP contribution in [-0.4, -0.2) is 55.1 Å². The Kier molecular flexibility index (Phi) is 6.54. The molecular formula is C23H26F3N7O. The van der Waals surface area contributed by atoms with E-state index in [-0.39, 0.29) is 23.7 Å². The van der Waals surface area contributed by atoms with Crippen molar-refractivity contribution in [2.75, 3.05) is 18.4 Å². The largest absolute Gasteiger partial charge is 0.435 e. The second-order valence-electron chi connectivity index (χ2n) is 8.66. The Balaban J connectivity index is 1.57. The Bertz CT molecular complexity index is 1160. The first kappa shape index (κ1) is 23.7. The molecule has 180 valence electrons. The summed E-state index contributed by atoms with van der Waals surface area (Å²) in [6.45, 7) is 6.74. The average Bonchev–Trinajstić information content (AvgIpc) is 3.23.